The number of amidine groups is 1. The summed E-state index contributed by atoms with van der Waals surface area (Å²) in [5.74, 6) is 1.68. The van der Waals surface area contributed by atoms with Crippen LogP contribution < -0.4 is 0 Å². The predicted molar refractivity (Wildman–Crippen MR) is 233 cm³/mol. The number of fused-ring (bicyclic) bond motifs is 7. The molecule has 0 unspecified atom stereocenters. The van der Waals surface area contributed by atoms with E-state index in [1.165, 1.54) is 5.39 Å². The maximum Gasteiger partial charge on any atom is 0.235 e. The first-order chi connectivity index (χ1) is 28.2. The SMILES string of the molecule is C=N/C(=N\C=C(/C)c1cc(-c2cnc(-c3ccccc3)nc2)nc(-n2c3ccccc3c3ccc4c5ccccc5n(-c5ccccc5)c4c32)n1)c1ccccc1. The minimum Gasteiger partial charge on any atom is -0.307 e. The molecular formula is C49H34N8. The van der Waals surface area contributed by atoms with Gasteiger partial charge in [0.2, 0.25) is 5.95 Å². The summed E-state index contributed by atoms with van der Waals surface area (Å²) < 4.78 is 4.56. The van der Waals surface area contributed by atoms with E-state index in [4.69, 9.17) is 24.9 Å². The first-order valence-electron chi connectivity index (χ1n) is 18.7. The van der Waals surface area contributed by atoms with Crippen LogP contribution in [0.25, 0.3) is 83.5 Å². The third-order valence-electron chi connectivity index (χ3n) is 10.3. The molecule has 0 aliphatic carbocycles. The van der Waals surface area contributed by atoms with Crippen molar-refractivity contribution < 1.29 is 0 Å². The normalized spacial score (nSPS) is 12.2. The second-order valence-electron chi connectivity index (χ2n) is 13.8. The lowest BCUT2D eigenvalue weighted by molar-refractivity contribution is 0.979. The Morgan fingerprint density at radius 2 is 1.14 bits per heavy atom. The molecule has 8 heteroatoms. The van der Waals surface area contributed by atoms with Crippen LogP contribution in [0.4, 0.5) is 0 Å². The third kappa shape index (κ3) is 5.88. The highest BCUT2D eigenvalue weighted by atomic mass is 15.2. The molecule has 0 aliphatic rings. The van der Waals surface area contributed by atoms with E-state index in [1.807, 2.05) is 86.0 Å². The van der Waals surface area contributed by atoms with Gasteiger partial charge < -0.3 is 4.57 Å². The van der Waals surface area contributed by atoms with Crippen molar-refractivity contribution in [3.8, 4) is 34.3 Å². The molecule has 0 N–H and O–H groups in total. The van der Waals surface area contributed by atoms with Crippen LogP contribution in [-0.4, -0.2) is 41.6 Å². The number of aromatic nitrogens is 6. The Morgan fingerprint density at radius 1 is 0.579 bits per heavy atom. The van der Waals surface area contributed by atoms with Gasteiger partial charge in [-0.1, -0.05) is 127 Å². The highest BCUT2D eigenvalue weighted by Crippen LogP contribution is 2.41. The Hall–Kier alpha value is -7.84. The Balaban J connectivity index is 1.26. The van der Waals surface area contributed by atoms with E-state index in [2.05, 4.69) is 112 Å². The monoisotopic (exact) mass is 734 g/mol. The largest absolute Gasteiger partial charge is 0.307 e. The van der Waals surface area contributed by atoms with Crippen molar-refractivity contribution in [3.05, 3.63) is 188 Å². The molecule has 4 heterocycles. The number of allylic oxidation sites excluding steroid dienone is 1. The molecule has 0 amide bonds. The van der Waals surface area contributed by atoms with E-state index in [0.717, 1.165) is 66.2 Å². The molecule has 6 aromatic carbocycles. The van der Waals surface area contributed by atoms with Crippen molar-refractivity contribution >= 4 is 61.7 Å². The molecule has 0 atom stereocenters. The summed E-state index contributed by atoms with van der Waals surface area (Å²) in [5.41, 5.74) is 10.0. The number of hydrogen-bond donors (Lipinski definition) is 0. The average molecular weight is 735 g/mol. The molecule has 4 aromatic heterocycles. The molecule has 0 radical (unpaired) electrons. The smallest absolute Gasteiger partial charge is 0.235 e. The molecule has 270 valence electrons. The number of hydrogen-bond acceptors (Lipinski definition) is 5. The van der Waals surface area contributed by atoms with Crippen molar-refractivity contribution in [1.82, 2.24) is 29.1 Å². The van der Waals surface area contributed by atoms with Gasteiger partial charge in [0.05, 0.1) is 33.5 Å². The van der Waals surface area contributed by atoms with Gasteiger partial charge in [-0.2, -0.15) is 0 Å². The molecule has 0 aliphatic heterocycles. The van der Waals surface area contributed by atoms with E-state index >= 15 is 0 Å². The maximum atomic E-state index is 5.32. The quantitative estimate of drug-likeness (QED) is 0.120. The molecule has 10 rings (SSSR count). The van der Waals surface area contributed by atoms with Crippen molar-refractivity contribution in [2.24, 2.45) is 9.98 Å². The van der Waals surface area contributed by atoms with Gasteiger partial charge in [0.1, 0.15) is 0 Å². The lowest BCUT2D eigenvalue weighted by atomic mass is 10.1. The lowest BCUT2D eigenvalue weighted by Gasteiger charge is -2.13. The average Bonchev–Trinajstić information content (AvgIpc) is 3.81. The van der Waals surface area contributed by atoms with E-state index in [1.54, 1.807) is 6.20 Å². The number of aliphatic imine (C=N–C) groups is 2. The van der Waals surface area contributed by atoms with Crippen LogP contribution in [-0.2, 0) is 0 Å². The number of nitrogens with zero attached hydrogens (tertiary/aromatic N) is 8. The minimum atomic E-state index is 0.514. The van der Waals surface area contributed by atoms with Gasteiger partial charge in [0, 0.05) is 62.5 Å². The zero-order valence-corrected chi connectivity index (χ0v) is 31.0. The molecule has 10 aromatic rings. The summed E-state index contributed by atoms with van der Waals surface area (Å²) in [6.07, 6.45) is 5.45. The first-order valence-corrected chi connectivity index (χ1v) is 18.7. The summed E-state index contributed by atoms with van der Waals surface area (Å²) in [6, 6.07) is 53.8. The molecule has 8 nitrogen and oxygen atoms in total. The first kappa shape index (κ1) is 33.7. The van der Waals surface area contributed by atoms with Crippen LogP contribution in [0.2, 0.25) is 0 Å². The van der Waals surface area contributed by atoms with Gasteiger partial charge in [-0.15, -0.1) is 0 Å². The van der Waals surface area contributed by atoms with Crippen molar-refractivity contribution in [2.75, 3.05) is 0 Å². The molecule has 0 spiro atoms. The topological polar surface area (TPSA) is 86.1 Å². The van der Waals surface area contributed by atoms with E-state index < -0.39 is 0 Å². The highest BCUT2D eigenvalue weighted by molar-refractivity contribution is 6.23. The zero-order chi connectivity index (χ0) is 38.3. The van der Waals surface area contributed by atoms with Gasteiger partial charge >= 0.3 is 0 Å². The van der Waals surface area contributed by atoms with Gasteiger partial charge in [0.15, 0.2) is 11.7 Å². The van der Waals surface area contributed by atoms with Crippen LogP contribution >= 0.6 is 0 Å². The van der Waals surface area contributed by atoms with Gasteiger partial charge in [0.25, 0.3) is 0 Å². The lowest BCUT2D eigenvalue weighted by Crippen LogP contribution is -2.06. The Morgan fingerprint density at radius 3 is 1.79 bits per heavy atom. The van der Waals surface area contributed by atoms with E-state index in [9.17, 15) is 0 Å². The highest BCUT2D eigenvalue weighted by Gasteiger charge is 2.23. The van der Waals surface area contributed by atoms with Crippen LogP contribution in [0.3, 0.4) is 0 Å². The number of benzene rings is 6. The van der Waals surface area contributed by atoms with Crippen LogP contribution in [0, 0.1) is 0 Å². The van der Waals surface area contributed by atoms with E-state index in [0.29, 0.717) is 29.0 Å². The number of rotatable bonds is 7. The summed E-state index contributed by atoms with van der Waals surface area (Å²) in [4.78, 5) is 29.2. The Bertz CT molecular complexity index is 3180. The summed E-state index contributed by atoms with van der Waals surface area (Å²) in [6.45, 7) is 5.79. The fourth-order valence-electron chi connectivity index (χ4n) is 7.65. The van der Waals surface area contributed by atoms with Gasteiger partial charge in [-0.05, 0) is 49.5 Å². The fourth-order valence-corrected chi connectivity index (χ4v) is 7.65. The summed E-state index contributed by atoms with van der Waals surface area (Å²) in [7, 11) is 0. The molecular weight excluding hydrogens is 701 g/mol. The number of para-hydroxylation sites is 3. The maximum absolute atomic E-state index is 5.32. The molecule has 0 saturated heterocycles. The predicted octanol–water partition coefficient (Wildman–Crippen LogP) is 11.3. The van der Waals surface area contributed by atoms with Crippen molar-refractivity contribution in [3.63, 3.8) is 0 Å². The second kappa shape index (κ2) is 14.1. The van der Waals surface area contributed by atoms with Crippen molar-refractivity contribution in [1.29, 1.82) is 0 Å². The molecule has 57 heavy (non-hydrogen) atoms. The van der Waals surface area contributed by atoms with Crippen molar-refractivity contribution in [2.45, 2.75) is 6.92 Å². The molecule has 0 bridgehead atoms. The van der Waals surface area contributed by atoms with Gasteiger partial charge in [-0.25, -0.2) is 29.9 Å². The van der Waals surface area contributed by atoms with Crippen LogP contribution in [0.5, 0.6) is 0 Å². The fraction of sp³-hybridized carbons (Fsp3) is 0.0204. The van der Waals surface area contributed by atoms with Crippen LogP contribution in [0.15, 0.2) is 186 Å². The standard InChI is InChI=1S/C49H34N8/c1-32(29-51-47(50-2)33-16-6-3-7-17-33)41-28-42(35-30-52-48(53-31-35)34-18-8-4-9-19-34)55-49(54-41)57-44-25-15-13-23-38(44)40-27-26-39-37-22-12-14-24-43(37)56(45(39)46(40)57)36-20-10-5-11-21-36/h3-31H,2H2,1H3/b32-29+,51-47-. The van der Waals surface area contributed by atoms with E-state index in [-0.39, 0.29) is 0 Å². The molecule has 0 fully saturated rings. The van der Waals surface area contributed by atoms with Crippen LogP contribution in [0.1, 0.15) is 18.2 Å². The Kier molecular flexibility index (Phi) is 8.34. The summed E-state index contributed by atoms with van der Waals surface area (Å²) in [5, 5.41) is 4.52. The Labute approximate surface area is 328 Å². The molecule has 0 saturated carbocycles. The zero-order valence-electron chi connectivity index (χ0n) is 31.0. The van der Waals surface area contributed by atoms with Gasteiger partial charge in [-0.3, -0.25) is 4.57 Å². The summed E-state index contributed by atoms with van der Waals surface area (Å²) >= 11 is 0. The third-order valence-corrected chi connectivity index (χ3v) is 10.3. The minimum absolute atomic E-state index is 0.514. The second-order valence-corrected chi connectivity index (χ2v) is 13.8.